The SMILES string of the molecule is C=C(O)c1sc2nc(=O)[nH]c(N)c2c1C. The number of hydrogen-bond acceptors (Lipinski definition) is 5. The van der Waals surface area contributed by atoms with Crippen LogP contribution in [0.2, 0.25) is 0 Å². The number of nitrogens with zero attached hydrogens (tertiary/aromatic N) is 1. The van der Waals surface area contributed by atoms with Crippen molar-refractivity contribution in [2.75, 3.05) is 5.73 Å². The zero-order chi connectivity index (χ0) is 11.2. The number of anilines is 1. The molecule has 2 rings (SSSR count). The van der Waals surface area contributed by atoms with Crippen LogP contribution in [-0.2, 0) is 0 Å². The highest BCUT2D eigenvalue weighted by Gasteiger charge is 2.14. The van der Waals surface area contributed by atoms with Crippen molar-refractivity contribution in [3.63, 3.8) is 0 Å². The third-order valence-electron chi connectivity index (χ3n) is 2.10. The molecule has 0 aliphatic heterocycles. The molecule has 0 saturated carbocycles. The Morgan fingerprint density at radius 3 is 2.93 bits per heavy atom. The van der Waals surface area contributed by atoms with Crippen LogP contribution in [0.4, 0.5) is 5.82 Å². The van der Waals surface area contributed by atoms with Crippen molar-refractivity contribution in [1.29, 1.82) is 0 Å². The van der Waals surface area contributed by atoms with Crippen LogP contribution in [0.15, 0.2) is 11.4 Å². The largest absolute Gasteiger partial charge is 0.507 e. The number of nitrogen functional groups attached to an aromatic ring is 1. The molecule has 0 radical (unpaired) electrons. The summed E-state index contributed by atoms with van der Waals surface area (Å²) < 4.78 is 0. The van der Waals surface area contributed by atoms with E-state index in [2.05, 4.69) is 16.5 Å². The number of nitrogens with one attached hydrogen (secondary N) is 1. The van der Waals surface area contributed by atoms with Crippen LogP contribution < -0.4 is 11.4 Å². The quantitative estimate of drug-likeness (QED) is 0.637. The van der Waals surface area contributed by atoms with Crippen molar-refractivity contribution in [1.82, 2.24) is 9.97 Å². The number of hydrogen-bond donors (Lipinski definition) is 3. The van der Waals surface area contributed by atoms with Gasteiger partial charge in [-0.15, -0.1) is 11.3 Å². The number of rotatable bonds is 1. The molecule has 0 bridgehead atoms. The van der Waals surface area contributed by atoms with Crippen molar-refractivity contribution in [3.05, 3.63) is 27.5 Å². The Morgan fingerprint density at radius 2 is 2.33 bits per heavy atom. The number of fused-ring (bicyclic) bond motifs is 1. The summed E-state index contributed by atoms with van der Waals surface area (Å²) in [6.07, 6.45) is 0. The highest BCUT2D eigenvalue weighted by Crippen LogP contribution is 2.34. The maximum atomic E-state index is 11.1. The first-order valence-corrected chi connectivity index (χ1v) is 4.99. The fourth-order valence-electron chi connectivity index (χ4n) is 1.47. The first-order chi connectivity index (χ1) is 7.00. The van der Waals surface area contributed by atoms with E-state index in [-0.39, 0.29) is 11.6 Å². The van der Waals surface area contributed by atoms with E-state index in [1.165, 1.54) is 11.3 Å². The van der Waals surface area contributed by atoms with Gasteiger partial charge in [-0.1, -0.05) is 6.58 Å². The average Bonchev–Trinajstić information content (AvgIpc) is 2.42. The summed E-state index contributed by atoms with van der Waals surface area (Å²) in [6.45, 7) is 5.24. The zero-order valence-electron chi connectivity index (χ0n) is 8.00. The van der Waals surface area contributed by atoms with Crippen LogP contribution in [-0.4, -0.2) is 15.1 Å². The summed E-state index contributed by atoms with van der Waals surface area (Å²) in [4.78, 5) is 18.4. The van der Waals surface area contributed by atoms with E-state index in [1.54, 1.807) is 6.92 Å². The second kappa shape index (κ2) is 3.09. The van der Waals surface area contributed by atoms with Gasteiger partial charge in [0.25, 0.3) is 0 Å². The van der Waals surface area contributed by atoms with E-state index in [4.69, 9.17) is 5.73 Å². The third kappa shape index (κ3) is 1.39. The van der Waals surface area contributed by atoms with E-state index in [9.17, 15) is 9.90 Å². The fourth-order valence-corrected chi connectivity index (χ4v) is 2.53. The second-order valence-corrected chi connectivity index (χ2v) is 4.14. The minimum Gasteiger partial charge on any atom is -0.507 e. The van der Waals surface area contributed by atoms with Gasteiger partial charge in [-0.3, -0.25) is 4.98 Å². The van der Waals surface area contributed by atoms with Crippen molar-refractivity contribution >= 4 is 33.1 Å². The third-order valence-corrected chi connectivity index (χ3v) is 3.34. The monoisotopic (exact) mass is 223 g/mol. The highest BCUT2D eigenvalue weighted by molar-refractivity contribution is 7.19. The van der Waals surface area contributed by atoms with Crippen LogP contribution in [0.5, 0.6) is 0 Å². The molecule has 2 heterocycles. The van der Waals surface area contributed by atoms with Gasteiger partial charge in [0, 0.05) is 0 Å². The number of thiophene rings is 1. The van der Waals surface area contributed by atoms with Crippen LogP contribution in [0.3, 0.4) is 0 Å². The minimum atomic E-state index is -0.489. The fraction of sp³-hybridized carbons (Fsp3) is 0.111. The van der Waals surface area contributed by atoms with E-state index in [0.29, 0.717) is 15.1 Å². The highest BCUT2D eigenvalue weighted by atomic mass is 32.1. The maximum absolute atomic E-state index is 11.1. The molecule has 0 aromatic carbocycles. The lowest BCUT2D eigenvalue weighted by atomic mass is 10.2. The number of H-pyrrole nitrogens is 1. The molecule has 15 heavy (non-hydrogen) atoms. The van der Waals surface area contributed by atoms with Crippen LogP contribution in [0, 0.1) is 6.92 Å². The predicted molar refractivity (Wildman–Crippen MR) is 61.1 cm³/mol. The Morgan fingerprint density at radius 1 is 1.67 bits per heavy atom. The number of aliphatic hydroxyl groups is 1. The van der Waals surface area contributed by atoms with Gasteiger partial charge >= 0.3 is 5.69 Å². The molecule has 2 aromatic rings. The van der Waals surface area contributed by atoms with Crippen molar-refractivity contribution < 1.29 is 5.11 Å². The topological polar surface area (TPSA) is 92.0 Å². The lowest BCUT2D eigenvalue weighted by Gasteiger charge is -1.97. The van der Waals surface area contributed by atoms with Gasteiger partial charge in [0.15, 0.2) is 0 Å². The minimum absolute atomic E-state index is 0.0395. The summed E-state index contributed by atoms with van der Waals surface area (Å²) >= 11 is 1.20. The first-order valence-electron chi connectivity index (χ1n) is 4.18. The lowest BCUT2D eigenvalue weighted by molar-refractivity contribution is 0.515. The summed E-state index contributed by atoms with van der Waals surface area (Å²) in [6, 6.07) is 0. The molecule has 0 amide bonds. The van der Waals surface area contributed by atoms with Gasteiger partial charge in [-0.2, -0.15) is 4.98 Å². The average molecular weight is 223 g/mol. The molecule has 0 fully saturated rings. The zero-order valence-corrected chi connectivity index (χ0v) is 8.81. The number of nitrogens with two attached hydrogens (primary N) is 1. The number of aromatic amines is 1. The summed E-state index contributed by atoms with van der Waals surface area (Å²) in [5, 5.41) is 10.00. The summed E-state index contributed by atoms with van der Waals surface area (Å²) in [5.74, 6) is 0.230. The lowest BCUT2D eigenvalue weighted by Crippen LogP contribution is -2.11. The van der Waals surface area contributed by atoms with E-state index in [0.717, 1.165) is 5.56 Å². The molecule has 0 unspecified atom stereocenters. The van der Waals surface area contributed by atoms with Gasteiger partial charge in [0.05, 0.1) is 10.3 Å². The molecule has 0 saturated heterocycles. The second-order valence-electron chi connectivity index (χ2n) is 3.14. The molecule has 0 spiro atoms. The molecule has 0 aliphatic rings. The van der Waals surface area contributed by atoms with Crippen molar-refractivity contribution in [2.45, 2.75) is 6.92 Å². The number of aromatic nitrogens is 2. The molecule has 6 heteroatoms. The smallest absolute Gasteiger partial charge is 0.347 e. The maximum Gasteiger partial charge on any atom is 0.347 e. The van der Waals surface area contributed by atoms with Crippen LogP contribution in [0.25, 0.3) is 16.0 Å². The van der Waals surface area contributed by atoms with Crippen molar-refractivity contribution in [2.24, 2.45) is 0 Å². The molecule has 4 N–H and O–H groups in total. The molecule has 0 aliphatic carbocycles. The molecule has 5 nitrogen and oxygen atoms in total. The summed E-state index contributed by atoms with van der Waals surface area (Å²) in [5.41, 5.74) is 5.96. The number of aliphatic hydroxyl groups excluding tert-OH is 1. The molecular weight excluding hydrogens is 214 g/mol. The van der Waals surface area contributed by atoms with Gasteiger partial charge in [0.2, 0.25) is 0 Å². The van der Waals surface area contributed by atoms with Crippen LogP contribution >= 0.6 is 11.3 Å². The molecular formula is C9H9N3O2S. The van der Waals surface area contributed by atoms with Gasteiger partial charge in [-0.25, -0.2) is 4.79 Å². The molecule has 2 aromatic heterocycles. The Bertz CT molecular complexity index is 612. The Labute approximate surface area is 88.9 Å². The Hall–Kier alpha value is -1.82. The van der Waals surface area contributed by atoms with E-state index in [1.807, 2.05) is 0 Å². The van der Waals surface area contributed by atoms with Crippen LogP contribution in [0.1, 0.15) is 10.4 Å². The molecule has 0 atom stereocenters. The number of aryl methyl sites for hydroxylation is 1. The van der Waals surface area contributed by atoms with E-state index < -0.39 is 5.69 Å². The summed E-state index contributed by atoms with van der Waals surface area (Å²) in [7, 11) is 0. The van der Waals surface area contributed by atoms with Crippen molar-refractivity contribution in [3.8, 4) is 0 Å². The Kier molecular flexibility index (Phi) is 2.01. The first kappa shape index (κ1) is 9.72. The van der Waals surface area contributed by atoms with E-state index >= 15 is 0 Å². The van der Waals surface area contributed by atoms with Gasteiger partial charge in [-0.05, 0) is 12.5 Å². The normalized spacial score (nSPS) is 10.7. The Balaban J connectivity index is 2.94. The van der Waals surface area contributed by atoms with Gasteiger partial charge in [0.1, 0.15) is 16.4 Å². The predicted octanol–water partition coefficient (Wildman–Crippen LogP) is 1.40. The standard InChI is InChI=1S/C9H9N3O2S/c1-3-5-7(10)11-9(14)12-8(5)15-6(3)4(2)13/h13H,2H2,1H3,(H3,10,11,12,14). The molecule has 78 valence electrons. The van der Waals surface area contributed by atoms with Gasteiger partial charge < -0.3 is 10.8 Å².